The van der Waals surface area contributed by atoms with Crippen molar-refractivity contribution in [1.82, 2.24) is 10.2 Å². The van der Waals surface area contributed by atoms with Crippen LogP contribution in [0, 0.1) is 0 Å². The molecule has 0 aliphatic carbocycles. The van der Waals surface area contributed by atoms with Gasteiger partial charge in [-0.15, -0.1) is 0 Å². The Morgan fingerprint density at radius 2 is 1.87 bits per heavy atom. The van der Waals surface area contributed by atoms with Crippen LogP contribution in [0.2, 0.25) is 0 Å². The van der Waals surface area contributed by atoms with Crippen LogP contribution >= 0.6 is 0 Å². The molecule has 1 aliphatic heterocycles. The lowest BCUT2D eigenvalue weighted by molar-refractivity contribution is 0.333. The lowest BCUT2D eigenvalue weighted by atomic mass is 10.0. The van der Waals surface area contributed by atoms with Crippen LogP contribution in [0.4, 0.5) is 0 Å². The van der Waals surface area contributed by atoms with Crippen LogP contribution in [0.3, 0.4) is 0 Å². The van der Waals surface area contributed by atoms with Crippen molar-refractivity contribution in [2.24, 2.45) is 0 Å². The molecular formula is C13H18N2. The first kappa shape index (κ1) is 10.2. The van der Waals surface area contributed by atoms with Crippen LogP contribution in [-0.2, 0) is 0 Å². The summed E-state index contributed by atoms with van der Waals surface area (Å²) >= 11 is 0. The molecule has 0 amide bonds. The highest BCUT2D eigenvalue weighted by Crippen LogP contribution is 2.34. The van der Waals surface area contributed by atoms with Crippen LogP contribution in [-0.4, -0.2) is 17.5 Å². The van der Waals surface area contributed by atoms with Crippen LogP contribution in [0.5, 0.6) is 0 Å². The molecule has 0 saturated carbocycles. The van der Waals surface area contributed by atoms with E-state index in [0.29, 0.717) is 0 Å². The van der Waals surface area contributed by atoms with Crippen molar-refractivity contribution in [3.63, 3.8) is 0 Å². The topological polar surface area (TPSA) is 15.3 Å². The van der Waals surface area contributed by atoms with E-state index in [1.165, 1.54) is 5.56 Å². The van der Waals surface area contributed by atoms with Gasteiger partial charge < -0.3 is 4.90 Å². The molecule has 1 fully saturated rings. The highest BCUT2D eigenvalue weighted by atomic mass is 15.4. The number of rotatable bonds is 1. The van der Waals surface area contributed by atoms with Crippen LogP contribution in [0.1, 0.15) is 25.6 Å². The minimum atomic E-state index is -0.0186. The molecule has 1 heterocycles. The van der Waals surface area contributed by atoms with Crippen molar-refractivity contribution < 1.29 is 0 Å². The summed E-state index contributed by atoms with van der Waals surface area (Å²) in [4.78, 5) is 2.20. The molecule has 1 aromatic rings. The van der Waals surface area contributed by atoms with Gasteiger partial charge in [0.2, 0.25) is 0 Å². The van der Waals surface area contributed by atoms with Crippen molar-refractivity contribution in [2.75, 3.05) is 7.05 Å². The summed E-state index contributed by atoms with van der Waals surface area (Å²) in [6, 6.07) is 10.5. The monoisotopic (exact) mass is 202 g/mol. The molecule has 0 aromatic heterocycles. The van der Waals surface area contributed by atoms with Gasteiger partial charge in [0.05, 0.1) is 5.54 Å². The number of hydrogen-bond acceptors (Lipinski definition) is 2. The Balaban J connectivity index is 2.31. The Labute approximate surface area is 91.6 Å². The minimum Gasteiger partial charge on any atom is -0.357 e. The first-order chi connectivity index (χ1) is 7.02. The molecule has 0 bridgehead atoms. The van der Waals surface area contributed by atoms with Gasteiger partial charge in [0.15, 0.2) is 0 Å². The van der Waals surface area contributed by atoms with Gasteiger partial charge in [0.1, 0.15) is 6.17 Å². The quantitative estimate of drug-likeness (QED) is 0.752. The molecule has 1 atom stereocenters. The summed E-state index contributed by atoms with van der Waals surface area (Å²) in [6.07, 6.45) is 0.244. The van der Waals surface area contributed by atoms with E-state index in [1.807, 2.05) is 6.07 Å². The fourth-order valence-corrected chi connectivity index (χ4v) is 2.06. The zero-order valence-corrected chi connectivity index (χ0v) is 9.62. The van der Waals surface area contributed by atoms with Crippen LogP contribution in [0.15, 0.2) is 42.6 Å². The second kappa shape index (κ2) is 3.38. The van der Waals surface area contributed by atoms with Gasteiger partial charge in [-0.1, -0.05) is 36.9 Å². The fraction of sp³-hybridized carbons (Fsp3) is 0.385. The lowest BCUT2D eigenvalue weighted by Gasteiger charge is -2.22. The van der Waals surface area contributed by atoms with Gasteiger partial charge in [-0.2, -0.15) is 0 Å². The number of nitrogens with zero attached hydrogens (tertiary/aromatic N) is 1. The largest absolute Gasteiger partial charge is 0.357 e. The van der Waals surface area contributed by atoms with Gasteiger partial charge in [-0.25, -0.2) is 0 Å². The van der Waals surface area contributed by atoms with Crippen LogP contribution < -0.4 is 5.32 Å². The third kappa shape index (κ3) is 1.65. The standard InChI is InChI=1S/C13H18N2/c1-10-13(2,3)14-12(15(10)4)11-8-6-5-7-9-11/h5-9,12,14H,1H2,2-4H3. The second-order valence-electron chi connectivity index (χ2n) is 4.64. The number of hydrogen-bond donors (Lipinski definition) is 1. The number of likely N-dealkylation sites (N-methyl/N-ethyl adjacent to an activating group) is 1. The zero-order chi connectivity index (χ0) is 11.1. The van der Waals surface area contributed by atoms with Crippen LogP contribution in [0.25, 0.3) is 0 Å². The smallest absolute Gasteiger partial charge is 0.106 e. The molecule has 1 N–H and O–H groups in total. The molecule has 2 rings (SSSR count). The summed E-state index contributed by atoms with van der Waals surface area (Å²) in [5, 5.41) is 3.57. The maximum absolute atomic E-state index is 4.13. The van der Waals surface area contributed by atoms with Crippen molar-refractivity contribution in [1.29, 1.82) is 0 Å². The van der Waals surface area contributed by atoms with Crippen molar-refractivity contribution >= 4 is 0 Å². The molecule has 1 unspecified atom stereocenters. The zero-order valence-electron chi connectivity index (χ0n) is 9.62. The van der Waals surface area contributed by atoms with Crippen molar-refractivity contribution in [2.45, 2.75) is 25.6 Å². The third-order valence-corrected chi connectivity index (χ3v) is 3.15. The van der Waals surface area contributed by atoms with E-state index in [-0.39, 0.29) is 11.7 Å². The van der Waals surface area contributed by atoms with Gasteiger partial charge >= 0.3 is 0 Å². The molecule has 2 nitrogen and oxygen atoms in total. The Morgan fingerprint density at radius 1 is 1.27 bits per heavy atom. The average Bonchev–Trinajstić information content (AvgIpc) is 2.44. The molecule has 2 heteroatoms. The third-order valence-electron chi connectivity index (χ3n) is 3.15. The van der Waals surface area contributed by atoms with E-state index in [2.05, 4.69) is 62.0 Å². The predicted octanol–water partition coefficient (Wildman–Crippen LogP) is 2.51. The minimum absolute atomic E-state index is 0.0186. The second-order valence-corrected chi connectivity index (χ2v) is 4.64. The molecule has 0 radical (unpaired) electrons. The average molecular weight is 202 g/mol. The molecule has 1 aromatic carbocycles. The highest BCUT2D eigenvalue weighted by Gasteiger charge is 2.38. The molecular weight excluding hydrogens is 184 g/mol. The Kier molecular flexibility index (Phi) is 2.31. The summed E-state index contributed by atoms with van der Waals surface area (Å²) in [6.45, 7) is 8.45. The van der Waals surface area contributed by atoms with Gasteiger partial charge in [-0.05, 0) is 19.4 Å². The number of nitrogens with one attached hydrogen (secondary N) is 1. The SMILES string of the molecule is C=C1N(C)C(c2ccccc2)NC1(C)C. The Morgan fingerprint density at radius 3 is 2.33 bits per heavy atom. The first-order valence-corrected chi connectivity index (χ1v) is 5.27. The summed E-state index contributed by atoms with van der Waals surface area (Å²) in [5.41, 5.74) is 2.40. The normalized spacial score (nSPS) is 24.6. The van der Waals surface area contributed by atoms with E-state index in [4.69, 9.17) is 0 Å². The molecule has 1 saturated heterocycles. The highest BCUT2D eigenvalue weighted by molar-refractivity contribution is 5.27. The molecule has 80 valence electrons. The molecule has 15 heavy (non-hydrogen) atoms. The van der Waals surface area contributed by atoms with Gasteiger partial charge in [0, 0.05) is 12.7 Å². The molecule has 0 spiro atoms. The summed E-state index contributed by atoms with van der Waals surface area (Å²) in [5.74, 6) is 0. The first-order valence-electron chi connectivity index (χ1n) is 5.27. The van der Waals surface area contributed by atoms with E-state index in [9.17, 15) is 0 Å². The van der Waals surface area contributed by atoms with E-state index >= 15 is 0 Å². The van der Waals surface area contributed by atoms with E-state index in [0.717, 1.165) is 5.70 Å². The van der Waals surface area contributed by atoms with Gasteiger partial charge in [-0.3, -0.25) is 5.32 Å². The van der Waals surface area contributed by atoms with Crippen molar-refractivity contribution in [3.8, 4) is 0 Å². The summed E-state index contributed by atoms with van der Waals surface area (Å²) < 4.78 is 0. The van der Waals surface area contributed by atoms with Gasteiger partial charge in [0.25, 0.3) is 0 Å². The van der Waals surface area contributed by atoms with E-state index < -0.39 is 0 Å². The maximum Gasteiger partial charge on any atom is 0.106 e. The summed E-state index contributed by atoms with van der Waals surface area (Å²) in [7, 11) is 2.09. The molecule has 1 aliphatic rings. The van der Waals surface area contributed by atoms with E-state index in [1.54, 1.807) is 0 Å². The lowest BCUT2D eigenvalue weighted by Crippen LogP contribution is -2.34. The Bertz CT molecular complexity index is 367. The fourth-order valence-electron chi connectivity index (χ4n) is 2.06. The number of benzene rings is 1. The maximum atomic E-state index is 4.13. The van der Waals surface area contributed by atoms with Crippen molar-refractivity contribution in [3.05, 3.63) is 48.2 Å². The predicted molar refractivity (Wildman–Crippen MR) is 63.3 cm³/mol. The Hall–Kier alpha value is -1.28.